The van der Waals surface area contributed by atoms with E-state index in [1.165, 1.54) is 42.5 Å². The van der Waals surface area contributed by atoms with E-state index in [9.17, 15) is 35.9 Å². The molecule has 2 N–H and O–H groups in total. The molecule has 18 heteroatoms. The largest absolute Gasteiger partial charge is 0.454 e. The summed E-state index contributed by atoms with van der Waals surface area (Å²) in [7, 11) is -4.19. The maximum Gasteiger partial charge on any atom is 0.407 e. The maximum absolute atomic E-state index is 14.1. The Morgan fingerprint density at radius 3 is 2.51 bits per heavy atom. The number of fused-ring (bicyclic) bond motifs is 2. The molecule has 3 aliphatic rings. The summed E-state index contributed by atoms with van der Waals surface area (Å²) in [5.74, 6) is -8.80. The topological polar surface area (TPSA) is 155 Å². The molecule has 276 valence electrons. The number of alkyl carbamates (subject to hydrolysis) is 1. The quantitative estimate of drug-likeness (QED) is 0.191. The van der Waals surface area contributed by atoms with Gasteiger partial charge < -0.3 is 38.8 Å². The number of carbonyl (C=O) groups excluding carboxylic acids is 1. The Morgan fingerprint density at radius 2 is 1.76 bits per heavy atom. The van der Waals surface area contributed by atoms with Crippen molar-refractivity contribution < 1.29 is 64.3 Å². The van der Waals surface area contributed by atoms with Crippen LogP contribution in [-0.2, 0) is 30.7 Å². The molecule has 0 spiro atoms. The van der Waals surface area contributed by atoms with E-state index in [0.29, 0.717) is 24.3 Å². The minimum absolute atomic E-state index is 0.0225. The summed E-state index contributed by atoms with van der Waals surface area (Å²) in [5, 5.41) is 14.3. The van der Waals surface area contributed by atoms with Crippen LogP contribution < -0.4 is 19.5 Å². The lowest BCUT2D eigenvalue weighted by Gasteiger charge is -2.31. The lowest BCUT2D eigenvalue weighted by Crippen LogP contribution is -2.51. The number of sulfonamides is 1. The normalized spacial score (nSPS) is 20.8. The summed E-state index contributed by atoms with van der Waals surface area (Å²) in [4.78, 5) is 16.1. The minimum atomic E-state index is -4.19. The number of aliphatic hydroxyl groups is 1. The van der Waals surface area contributed by atoms with Crippen LogP contribution in [0.4, 0.5) is 22.4 Å². The third-order valence-corrected chi connectivity index (χ3v) is 10.3. The Hall–Kier alpha value is -4.23. The fourth-order valence-corrected chi connectivity index (χ4v) is 7.59. The number of ether oxygens (including phenoxy) is 6. The highest BCUT2D eigenvalue weighted by atomic mass is 32.2. The number of rotatable bonds is 13. The van der Waals surface area contributed by atoms with Crippen molar-refractivity contribution in [2.24, 2.45) is 11.8 Å². The molecule has 2 aromatic carbocycles. The molecule has 0 bridgehead atoms. The molecule has 51 heavy (non-hydrogen) atoms. The predicted octanol–water partition coefficient (Wildman–Crippen LogP) is 4.27. The van der Waals surface area contributed by atoms with Crippen LogP contribution in [0.25, 0.3) is 0 Å². The number of carbonyl (C=O) groups is 1. The van der Waals surface area contributed by atoms with E-state index in [2.05, 4.69) is 10.3 Å². The minimum Gasteiger partial charge on any atom is -0.454 e. The molecule has 3 aromatic rings. The van der Waals surface area contributed by atoms with Crippen LogP contribution in [0.5, 0.6) is 23.1 Å². The summed E-state index contributed by atoms with van der Waals surface area (Å²) in [6.45, 7) is 3.73. The van der Waals surface area contributed by atoms with Crippen molar-refractivity contribution in [2.45, 2.75) is 56.1 Å². The molecular formula is C33H35F4N3O10S. The number of nitrogens with zero attached hydrogens (tertiary/aromatic N) is 2. The van der Waals surface area contributed by atoms with E-state index in [4.69, 9.17) is 28.4 Å². The van der Waals surface area contributed by atoms with Crippen molar-refractivity contribution in [1.29, 1.82) is 0 Å². The molecule has 5 atom stereocenters. The SMILES string of the molecule is CC(C)CN(CC(O)C(Cc1ccc(Oc2nc(F)c(F)c(F)c2F)cc1)NC(=O)OC1COC2OCCC12)S(=O)(=O)c1ccc2c(c1)OCO2. The van der Waals surface area contributed by atoms with Crippen LogP contribution in [0.1, 0.15) is 25.8 Å². The van der Waals surface area contributed by atoms with Crippen LogP contribution in [0.15, 0.2) is 47.4 Å². The van der Waals surface area contributed by atoms with Gasteiger partial charge in [0.2, 0.25) is 34.3 Å². The molecule has 6 rings (SSSR count). The summed E-state index contributed by atoms with van der Waals surface area (Å²) < 4.78 is 116. The van der Waals surface area contributed by atoms with E-state index in [0.717, 1.165) is 4.31 Å². The van der Waals surface area contributed by atoms with E-state index in [1.807, 2.05) is 13.8 Å². The monoisotopic (exact) mass is 741 g/mol. The molecule has 5 unspecified atom stereocenters. The van der Waals surface area contributed by atoms with Crippen molar-refractivity contribution in [3.8, 4) is 23.1 Å². The third-order valence-electron chi connectivity index (χ3n) is 8.50. The van der Waals surface area contributed by atoms with Crippen LogP contribution >= 0.6 is 0 Å². The van der Waals surface area contributed by atoms with Gasteiger partial charge in [0.15, 0.2) is 17.8 Å². The Balaban J connectivity index is 1.21. The highest BCUT2D eigenvalue weighted by molar-refractivity contribution is 7.89. The zero-order valence-corrected chi connectivity index (χ0v) is 28.2. The number of pyridine rings is 1. The smallest absolute Gasteiger partial charge is 0.407 e. The predicted molar refractivity (Wildman–Crippen MR) is 167 cm³/mol. The molecule has 4 heterocycles. The van der Waals surface area contributed by atoms with Gasteiger partial charge in [-0.3, -0.25) is 0 Å². The molecule has 2 fully saturated rings. The van der Waals surface area contributed by atoms with Gasteiger partial charge >= 0.3 is 6.09 Å². The third kappa shape index (κ3) is 8.14. The van der Waals surface area contributed by atoms with Gasteiger partial charge in [-0.1, -0.05) is 26.0 Å². The molecule has 0 saturated carbocycles. The number of hydrogen-bond acceptors (Lipinski definition) is 11. The van der Waals surface area contributed by atoms with Crippen LogP contribution in [0.2, 0.25) is 0 Å². The number of aliphatic hydroxyl groups excluding tert-OH is 1. The molecule has 1 aromatic heterocycles. The number of amides is 1. The van der Waals surface area contributed by atoms with Gasteiger partial charge in [0.1, 0.15) is 11.9 Å². The number of halogens is 4. The van der Waals surface area contributed by atoms with Gasteiger partial charge in [0.25, 0.3) is 11.8 Å². The van der Waals surface area contributed by atoms with Gasteiger partial charge in [-0.25, -0.2) is 17.6 Å². The van der Waals surface area contributed by atoms with Crippen molar-refractivity contribution in [2.75, 3.05) is 33.1 Å². The number of benzene rings is 2. The number of hydrogen-bond donors (Lipinski definition) is 2. The van der Waals surface area contributed by atoms with Crippen molar-refractivity contribution >= 4 is 16.1 Å². The van der Waals surface area contributed by atoms with Crippen molar-refractivity contribution in [3.05, 3.63) is 71.4 Å². The molecule has 2 saturated heterocycles. The highest BCUT2D eigenvalue weighted by Crippen LogP contribution is 2.36. The lowest BCUT2D eigenvalue weighted by atomic mass is 10.0. The molecule has 3 aliphatic heterocycles. The zero-order valence-electron chi connectivity index (χ0n) is 27.4. The second-order valence-corrected chi connectivity index (χ2v) is 14.6. The average Bonchev–Trinajstić information content (AvgIpc) is 3.85. The molecule has 13 nitrogen and oxygen atoms in total. The Bertz CT molecular complexity index is 1850. The summed E-state index contributed by atoms with van der Waals surface area (Å²) in [6.07, 6.45) is -2.90. The van der Waals surface area contributed by atoms with Crippen molar-refractivity contribution in [1.82, 2.24) is 14.6 Å². The van der Waals surface area contributed by atoms with Gasteiger partial charge in [-0.2, -0.15) is 22.5 Å². The van der Waals surface area contributed by atoms with Gasteiger partial charge in [0.05, 0.1) is 36.2 Å². The summed E-state index contributed by atoms with van der Waals surface area (Å²) >= 11 is 0. The second-order valence-electron chi connectivity index (χ2n) is 12.6. The summed E-state index contributed by atoms with van der Waals surface area (Å²) in [6, 6.07) is 8.57. The zero-order chi connectivity index (χ0) is 36.4. The van der Waals surface area contributed by atoms with E-state index >= 15 is 0 Å². The second kappa shape index (κ2) is 15.2. The Labute approximate surface area is 290 Å². The Morgan fingerprint density at radius 1 is 1.02 bits per heavy atom. The average molecular weight is 742 g/mol. The lowest BCUT2D eigenvalue weighted by molar-refractivity contribution is -0.0907. The first-order valence-electron chi connectivity index (χ1n) is 16.0. The van der Waals surface area contributed by atoms with Gasteiger partial charge in [-0.15, -0.1) is 0 Å². The van der Waals surface area contributed by atoms with Crippen molar-refractivity contribution in [3.63, 3.8) is 0 Å². The molecule has 1 amide bonds. The van der Waals surface area contributed by atoms with Gasteiger partial charge in [-0.05, 0) is 48.6 Å². The fraction of sp³-hybridized carbons (Fsp3) is 0.455. The van der Waals surface area contributed by atoms with E-state index < -0.39 is 76.5 Å². The first kappa shape index (κ1) is 36.6. The Kier molecular flexibility index (Phi) is 10.9. The maximum atomic E-state index is 14.1. The van der Waals surface area contributed by atoms with Crippen LogP contribution in [-0.4, -0.2) is 86.5 Å². The van der Waals surface area contributed by atoms with Crippen LogP contribution in [0, 0.1) is 35.2 Å². The van der Waals surface area contributed by atoms with E-state index in [-0.39, 0.29) is 54.6 Å². The fourth-order valence-electron chi connectivity index (χ4n) is 5.95. The first-order valence-corrected chi connectivity index (χ1v) is 17.5. The molecule has 0 radical (unpaired) electrons. The summed E-state index contributed by atoms with van der Waals surface area (Å²) in [5.41, 5.74) is 0.471. The highest BCUT2D eigenvalue weighted by Gasteiger charge is 2.44. The molecular weight excluding hydrogens is 706 g/mol. The van der Waals surface area contributed by atoms with Gasteiger partial charge in [0, 0.05) is 19.2 Å². The first-order chi connectivity index (χ1) is 24.3. The number of aromatic nitrogens is 1. The standard InChI is InChI=1S/C33H35F4N3O10S/c1-17(2)13-40(51(43,44)20-7-8-24-25(12-20)48-16-47-24)14-23(41)22(38-33(42)50-26-15-46-32-21(26)9-10-45-32)11-18-3-5-19(6-4-18)49-31-29(36)27(34)28(35)30(37)39-31/h3-8,12,17,21-23,26,32,41H,9-11,13-16H2,1-2H3,(H,38,42). The van der Waals surface area contributed by atoms with E-state index in [1.54, 1.807) is 0 Å². The number of nitrogens with one attached hydrogen (secondary N) is 1. The van der Waals surface area contributed by atoms with Crippen LogP contribution in [0.3, 0.4) is 0 Å². The molecule has 0 aliphatic carbocycles.